The number of hydrogen-bond acceptors (Lipinski definition) is 1. The monoisotopic (exact) mass is 274 g/mol. The molecule has 2 nitrogen and oxygen atoms in total. The fourth-order valence-corrected chi connectivity index (χ4v) is 1.94. The molecule has 1 aromatic rings. The Labute approximate surface area is 96.2 Å². The molecule has 0 aliphatic heterocycles. The van der Waals surface area contributed by atoms with Gasteiger partial charge in [-0.1, -0.05) is 13.0 Å². The van der Waals surface area contributed by atoms with Gasteiger partial charge >= 0.3 is 5.97 Å². The van der Waals surface area contributed by atoms with E-state index in [0.717, 1.165) is 0 Å². The number of aryl methyl sites for hydroxylation is 1. The molecule has 0 aromatic heterocycles. The third-order valence-corrected chi connectivity index (χ3v) is 3.02. The van der Waals surface area contributed by atoms with E-state index < -0.39 is 17.7 Å². The van der Waals surface area contributed by atoms with E-state index in [-0.39, 0.29) is 5.56 Å². The van der Waals surface area contributed by atoms with Crippen molar-refractivity contribution in [3.05, 3.63) is 33.5 Å². The maximum Gasteiger partial charge on any atom is 0.311 e. The van der Waals surface area contributed by atoms with Gasteiger partial charge in [-0.2, -0.15) is 0 Å². The fraction of sp³-hybridized carbons (Fsp3) is 0.364. The van der Waals surface area contributed by atoms with Crippen LogP contribution in [0, 0.1) is 12.7 Å². The summed E-state index contributed by atoms with van der Waals surface area (Å²) in [6, 6.07) is 3.30. The van der Waals surface area contributed by atoms with Gasteiger partial charge in [-0.05, 0) is 40.9 Å². The molecule has 82 valence electrons. The summed E-state index contributed by atoms with van der Waals surface area (Å²) in [5.41, 5.74) is 0.948. The Hall–Kier alpha value is -0.900. The van der Waals surface area contributed by atoms with Gasteiger partial charge in [0, 0.05) is 5.56 Å². The van der Waals surface area contributed by atoms with E-state index >= 15 is 0 Å². The van der Waals surface area contributed by atoms with E-state index in [9.17, 15) is 9.18 Å². The molecule has 0 saturated carbocycles. The Bertz CT molecular complexity index is 390. The highest BCUT2D eigenvalue weighted by atomic mass is 79.9. The minimum Gasteiger partial charge on any atom is -0.481 e. The topological polar surface area (TPSA) is 37.3 Å². The van der Waals surface area contributed by atoms with E-state index in [1.165, 1.54) is 0 Å². The first-order chi connectivity index (χ1) is 6.99. The standard InChI is InChI=1S/C11H12BrFO2/c1-3-7(11(14)15)9-6(2)4-5-8(12)10(9)13/h4-5,7H,3H2,1-2H3,(H,14,15). The van der Waals surface area contributed by atoms with Gasteiger partial charge in [-0.15, -0.1) is 0 Å². The maximum atomic E-state index is 13.7. The van der Waals surface area contributed by atoms with Crippen molar-refractivity contribution in [2.45, 2.75) is 26.2 Å². The molecule has 4 heteroatoms. The molecule has 0 radical (unpaired) electrons. The molecule has 1 atom stereocenters. The lowest BCUT2D eigenvalue weighted by Gasteiger charge is -2.15. The summed E-state index contributed by atoms with van der Waals surface area (Å²) < 4.78 is 14.1. The van der Waals surface area contributed by atoms with Crippen molar-refractivity contribution in [3.8, 4) is 0 Å². The molecular weight excluding hydrogens is 263 g/mol. The van der Waals surface area contributed by atoms with Crippen LogP contribution >= 0.6 is 15.9 Å². The van der Waals surface area contributed by atoms with Crippen LogP contribution in [0.3, 0.4) is 0 Å². The van der Waals surface area contributed by atoms with Crippen LogP contribution in [0.5, 0.6) is 0 Å². The van der Waals surface area contributed by atoms with Crippen LogP contribution in [-0.2, 0) is 4.79 Å². The summed E-state index contributed by atoms with van der Waals surface area (Å²) in [5, 5.41) is 8.98. The van der Waals surface area contributed by atoms with Gasteiger partial charge in [-0.25, -0.2) is 4.39 Å². The average Bonchev–Trinajstić information content (AvgIpc) is 2.18. The van der Waals surface area contributed by atoms with Crippen LogP contribution in [0.4, 0.5) is 4.39 Å². The maximum absolute atomic E-state index is 13.7. The molecule has 1 N–H and O–H groups in total. The SMILES string of the molecule is CCC(C(=O)O)c1c(C)ccc(Br)c1F. The van der Waals surface area contributed by atoms with Crippen LogP contribution < -0.4 is 0 Å². The normalized spacial score (nSPS) is 12.5. The molecular formula is C11H12BrFO2. The van der Waals surface area contributed by atoms with Crippen LogP contribution in [0.25, 0.3) is 0 Å². The van der Waals surface area contributed by atoms with Gasteiger partial charge in [-0.3, -0.25) is 4.79 Å². The molecule has 0 heterocycles. The Morgan fingerprint density at radius 3 is 2.67 bits per heavy atom. The number of carbonyl (C=O) groups is 1. The molecule has 15 heavy (non-hydrogen) atoms. The molecule has 0 saturated heterocycles. The van der Waals surface area contributed by atoms with Crippen LogP contribution in [-0.4, -0.2) is 11.1 Å². The van der Waals surface area contributed by atoms with Crippen molar-refractivity contribution >= 4 is 21.9 Å². The largest absolute Gasteiger partial charge is 0.481 e. The Kier molecular flexibility index (Phi) is 3.85. The summed E-state index contributed by atoms with van der Waals surface area (Å²) >= 11 is 3.06. The highest BCUT2D eigenvalue weighted by molar-refractivity contribution is 9.10. The zero-order chi connectivity index (χ0) is 11.6. The Morgan fingerprint density at radius 2 is 2.20 bits per heavy atom. The summed E-state index contributed by atoms with van der Waals surface area (Å²) in [6.07, 6.45) is 0.379. The predicted octanol–water partition coefficient (Wildman–Crippen LogP) is 3.47. The van der Waals surface area contributed by atoms with Crippen LogP contribution in [0.2, 0.25) is 0 Å². The summed E-state index contributed by atoms with van der Waals surface area (Å²) in [7, 11) is 0. The molecule has 1 rings (SSSR count). The zero-order valence-corrected chi connectivity index (χ0v) is 10.1. The molecule has 0 fully saturated rings. The lowest BCUT2D eigenvalue weighted by atomic mass is 9.92. The molecule has 1 aromatic carbocycles. The minimum absolute atomic E-state index is 0.277. The number of rotatable bonds is 3. The van der Waals surface area contributed by atoms with E-state index in [2.05, 4.69) is 15.9 Å². The average molecular weight is 275 g/mol. The smallest absolute Gasteiger partial charge is 0.311 e. The van der Waals surface area contributed by atoms with Crippen LogP contribution in [0.1, 0.15) is 30.4 Å². The van der Waals surface area contributed by atoms with Gasteiger partial charge in [0.2, 0.25) is 0 Å². The summed E-state index contributed by atoms with van der Waals surface area (Å²) in [4.78, 5) is 11.0. The van der Waals surface area contributed by atoms with Gasteiger partial charge < -0.3 is 5.11 Å². The third-order valence-electron chi connectivity index (χ3n) is 2.41. The summed E-state index contributed by atoms with van der Waals surface area (Å²) in [5.74, 6) is -2.23. The van der Waals surface area contributed by atoms with Gasteiger partial charge in [0.05, 0.1) is 10.4 Å². The van der Waals surface area contributed by atoms with Gasteiger partial charge in [0.25, 0.3) is 0 Å². The molecule has 0 amide bonds. The number of benzene rings is 1. The van der Waals surface area contributed by atoms with Crippen molar-refractivity contribution in [3.63, 3.8) is 0 Å². The van der Waals surface area contributed by atoms with E-state index in [1.54, 1.807) is 26.0 Å². The van der Waals surface area contributed by atoms with Crippen molar-refractivity contribution in [2.24, 2.45) is 0 Å². The number of halogens is 2. The molecule has 0 aliphatic carbocycles. The predicted molar refractivity (Wildman–Crippen MR) is 59.5 cm³/mol. The van der Waals surface area contributed by atoms with Crippen LogP contribution in [0.15, 0.2) is 16.6 Å². The Balaban J connectivity index is 3.34. The van der Waals surface area contributed by atoms with Crippen molar-refractivity contribution < 1.29 is 14.3 Å². The fourth-order valence-electron chi connectivity index (χ4n) is 1.59. The molecule has 0 bridgehead atoms. The van der Waals surface area contributed by atoms with Gasteiger partial charge in [0.1, 0.15) is 5.82 Å². The second kappa shape index (κ2) is 4.75. The molecule has 0 aliphatic rings. The second-order valence-electron chi connectivity index (χ2n) is 3.39. The zero-order valence-electron chi connectivity index (χ0n) is 8.55. The van der Waals surface area contributed by atoms with E-state index in [0.29, 0.717) is 16.5 Å². The minimum atomic E-state index is -0.988. The van der Waals surface area contributed by atoms with Crippen molar-refractivity contribution in [1.29, 1.82) is 0 Å². The number of carboxylic acids is 1. The number of carboxylic acid groups (broad SMARTS) is 1. The number of hydrogen-bond donors (Lipinski definition) is 1. The van der Waals surface area contributed by atoms with Gasteiger partial charge in [0.15, 0.2) is 0 Å². The first kappa shape index (κ1) is 12.2. The molecule has 0 spiro atoms. The molecule has 1 unspecified atom stereocenters. The first-order valence-corrected chi connectivity index (χ1v) is 5.45. The Morgan fingerprint density at radius 1 is 1.60 bits per heavy atom. The first-order valence-electron chi connectivity index (χ1n) is 4.66. The lowest BCUT2D eigenvalue weighted by molar-refractivity contribution is -0.138. The van der Waals surface area contributed by atoms with E-state index in [4.69, 9.17) is 5.11 Å². The number of aliphatic carboxylic acids is 1. The highest BCUT2D eigenvalue weighted by Crippen LogP contribution is 2.30. The van der Waals surface area contributed by atoms with E-state index in [1.807, 2.05) is 0 Å². The second-order valence-corrected chi connectivity index (χ2v) is 4.25. The summed E-state index contributed by atoms with van der Waals surface area (Å²) in [6.45, 7) is 3.45. The third kappa shape index (κ3) is 2.37. The van der Waals surface area contributed by atoms with Crippen molar-refractivity contribution in [1.82, 2.24) is 0 Å². The van der Waals surface area contributed by atoms with Crippen molar-refractivity contribution in [2.75, 3.05) is 0 Å². The lowest BCUT2D eigenvalue weighted by Crippen LogP contribution is -2.14. The quantitative estimate of drug-likeness (QED) is 0.917. The highest BCUT2D eigenvalue weighted by Gasteiger charge is 2.24.